The Labute approximate surface area is 141 Å². The number of carboxylic acids is 1. The molecule has 0 spiro atoms. The quantitative estimate of drug-likeness (QED) is 0.341. The van der Waals surface area contributed by atoms with E-state index in [1.807, 2.05) is 24.3 Å². The lowest BCUT2D eigenvalue weighted by molar-refractivity contribution is -0.138. The number of rotatable bonds is 7. The van der Waals surface area contributed by atoms with Crippen molar-refractivity contribution >= 4 is 37.4 Å². The number of carboxylic acid groups (broad SMARTS) is 1. The maximum Gasteiger partial charge on any atom is 0.328 e. The minimum Gasteiger partial charge on any atom is -0.480 e. The van der Waals surface area contributed by atoms with E-state index >= 15 is 0 Å². The highest BCUT2D eigenvalue weighted by molar-refractivity contribution is 5.82. The molecule has 1 rings (SSSR count). The topological polar surface area (TPSA) is 152 Å². The normalized spacial score (nSPS) is 12.8. The molecule has 7 nitrogen and oxygen atoms in total. The van der Waals surface area contributed by atoms with E-state index < -0.39 is 12.0 Å². The van der Waals surface area contributed by atoms with E-state index in [2.05, 4.69) is 17.3 Å². The summed E-state index contributed by atoms with van der Waals surface area (Å²) >= 11 is 0. The fourth-order valence-corrected chi connectivity index (χ4v) is 1.77. The van der Waals surface area contributed by atoms with Gasteiger partial charge in [0.15, 0.2) is 0 Å². The molecule has 8 N–H and O–H groups in total. The van der Waals surface area contributed by atoms with Crippen LogP contribution in [0.15, 0.2) is 29.3 Å². The first-order chi connectivity index (χ1) is 11.5. The molecule has 0 radical (unpaired) electrons. The highest BCUT2D eigenvalue weighted by Crippen LogP contribution is 2.01. The van der Waals surface area contributed by atoms with Gasteiger partial charge in [-0.15, -0.1) is 0 Å². The highest BCUT2D eigenvalue weighted by atomic mass is 16.4. The van der Waals surface area contributed by atoms with E-state index in [-0.39, 0.29) is 0 Å². The smallest absolute Gasteiger partial charge is 0.328 e. The van der Waals surface area contributed by atoms with Crippen LogP contribution in [0.5, 0.6) is 0 Å². The largest absolute Gasteiger partial charge is 0.480 e. The van der Waals surface area contributed by atoms with Crippen molar-refractivity contribution in [1.29, 1.82) is 5.41 Å². The summed E-state index contributed by atoms with van der Waals surface area (Å²) in [5.74, 6) is -0.934. The summed E-state index contributed by atoms with van der Waals surface area (Å²) in [5.41, 5.74) is 16.2. The number of carbonyl (C=O) groups is 1. The van der Waals surface area contributed by atoms with Crippen LogP contribution in [0.2, 0.25) is 0 Å². The number of hydrogen-bond donors (Lipinski definition) is 5. The van der Waals surface area contributed by atoms with E-state index in [9.17, 15) is 4.79 Å². The molecule has 0 saturated carbocycles. The molecule has 1 atom stereocenters. The predicted molar refractivity (Wildman–Crippen MR) is 100 cm³/mol. The lowest BCUT2D eigenvalue weighted by Gasteiger charge is -2.04. The van der Waals surface area contributed by atoms with Crippen molar-refractivity contribution in [2.45, 2.75) is 18.9 Å². The molecule has 0 amide bonds. The Morgan fingerprint density at radius 1 is 1.42 bits per heavy atom. The maximum atomic E-state index is 11.0. The summed E-state index contributed by atoms with van der Waals surface area (Å²) in [7, 11) is 0. The van der Waals surface area contributed by atoms with Crippen molar-refractivity contribution in [2.75, 3.05) is 6.54 Å². The summed E-state index contributed by atoms with van der Waals surface area (Å²) in [6.07, 6.45) is 8.38. The van der Waals surface area contributed by atoms with E-state index in [4.69, 9.17) is 22.0 Å². The highest BCUT2D eigenvalue weighted by Gasteiger charge is 2.13. The van der Waals surface area contributed by atoms with E-state index in [0.717, 1.165) is 22.3 Å². The second kappa shape index (κ2) is 12.6. The third kappa shape index (κ3) is 8.50. The Kier molecular flexibility index (Phi) is 11.1. The standard InChI is InChI=1S/C16H21N3O2.CH4N2/c1-12-10-13(6-7-14(12)11-18)4-3-9-19-15(16(20)21)5-2-8-17;2-1-3/h3-4,6-7,9-11,15H,1-2,5,8,17-18H2,(H,20,21);1H,(H3,2,3)/b4-3+,14-11-,19-9?;. The van der Waals surface area contributed by atoms with Gasteiger partial charge >= 0.3 is 5.97 Å². The number of nitrogens with zero attached hydrogens (tertiary/aromatic N) is 1. The van der Waals surface area contributed by atoms with Crippen LogP contribution < -0.4 is 27.6 Å². The number of nitrogens with one attached hydrogen (secondary N) is 1. The maximum absolute atomic E-state index is 11.0. The third-order valence-electron chi connectivity index (χ3n) is 2.95. The van der Waals surface area contributed by atoms with Gasteiger partial charge < -0.3 is 22.3 Å². The van der Waals surface area contributed by atoms with Gasteiger partial charge in [0.1, 0.15) is 6.04 Å². The number of allylic oxidation sites excluding steroid dienone is 1. The third-order valence-corrected chi connectivity index (χ3v) is 2.95. The van der Waals surface area contributed by atoms with Crippen molar-refractivity contribution in [3.63, 3.8) is 0 Å². The number of nitrogens with two attached hydrogens (primary N) is 3. The van der Waals surface area contributed by atoms with Crippen molar-refractivity contribution < 1.29 is 9.90 Å². The van der Waals surface area contributed by atoms with Crippen molar-refractivity contribution in [1.82, 2.24) is 0 Å². The summed E-state index contributed by atoms with van der Waals surface area (Å²) in [6, 6.07) is 4.93. The Morgan fingerprint density at radius 3 is 2.58 bits per heavy atom. The van der Waals surface area contributed by atoms with Crippen molar-refractivity contribution in [2.24, 2.45) is 22.2 Å². The number of aliphatic carboxylic acids is 1. The van der Waals surface area contributed by atoms with E-state index in [1.54, 1.807) is 6.08 Å². The van der Waals surface area contributed by atoms with Crippen LogP contribution in [0, 0.1) is 5.41 Å². The Balaban J connectivity index is 0.00000163. The molecule has 0 aliphatic carbocycles. The summed E-state index contributed by atoms with van der Waals surface area (Å²) in [4.78, 5) is 15.0. The average Bonchev–Trinajstić information content (AvgIpc) is 2.54. The Morgan fingerprint density at radius 2 is 2.08 bits per heavy atom. The van der Waals surface area contributed by atoms with Crippen LogP contribution in [-0.2, 0) is 4.79 Å². The second-order valence-electron chi connectivity index (χ2n) is 4.73. The van der Waals surface area contributed by atoms with Gasteiger partial charge in [-0.25, -0.2) is 4.79 Å². The molecule has 0 aliphatic rings. The molecular formula is C17H25N5O2. The molecular weight excluding hydrogens is 306 g/mol. The van der Waals surface area contributed by atoms with Gasteiger partial charge in [-0.2, -0.15) is 0 Å². The first-order valence-corrected chi connectivity index (χ1v) is 7.34. The Hall–Kier alpha value is -2.93. The number of benzene rings is 1. The molecule has 1 unspecified atom stereocenters. The minimum atomic E-state index is -0.934. The average molecular weight is 331 g/mol. The lowest BCUT2D eigenvalue weighted by Crippen LogP contribution is -2.24. The molecule has 0 saturated heterocycles. The van der Waals surface area contributed by atoms with Gasteiger partial charge in [0.25, 0.3) is 0 Å². The van der Waals surface area contributed by atoms with Crippen molar-refractivity contribution in [3.8, 4) is 0 Å². The molecule has 1 aromatic carbocycles. The molecule has 0 aliphatic heterocycles. The zero-order valence-electron chi connectivity index (χ0n) is 13.6. The van der Waals surface area contributed by atoms with Crippen LogP contribution in [0.25, 0.3) is 18.9 Å². The fraction of sp³-hybridized carbons (Fsp3) is 0.235. The molecule has 24 heavy (non-hydrogen) atoms. The molecule has 130 valence electrons. The summed E-state index contributed by atoms with van der Waals surface area (Å²) in [6.45, 7) is 4.36. The molecule has 0 bridgehead atoms. The molecule has 1 aromatic rings. The van der Waals surface area contributed by atoms with Gasteiger partial charge in [0.2, 0.25) is 0 Å². The summed E-state index contributed by atoms with van der Waals surface area (Å²) in [5, 5.41) is 16.6. The van der Waals surface area contributed by atoms with E-state index in [1.165, 1.54) is 12.4 Å². The first kappa shape index (κ1) is 21.1. The first-order valence-electron chi connectivity index (χ1n) is 7.34. The van der Waals surface area contributed by atoms with Gasteiger partial charge in [0, 0.05) is 12.4 Å². The van der Waals surface area contributed by atoms with Crippen LogP contribution in [0.4, 0.5) is 0 Å². The lowest BCUT2D eigenvalue weighted by atomic mass is 10.1. The SMILES string of the molecule is C=c1cc(/C=C/C=NC(CCCN)C(=O)O)cc/c1=C/N.N=CN. The van der Waals surface area contributed by atoms with Gasteiger partial charge in [-0.05, 0) is 47.5 Å². The van der Waals surface area contributed by atoms with Gasteiger partial charge in [0.05, 0.1) is 6.34 Å². The molecule has 7 heteroatoms. The molecule has 0 aromatic heterocycles. The summed E-state index contributed by atoms with van der Waals surface area (Å²) < 4.78 is 0. The predicted octanol–water partition coefficient (Wildman–Crippen LogP) is -0.378. The van der Waals surface area contributed by atoms with Crippen LogP contribution in [0.1, 0.15) is 18.4 Å². The molecule has 0 heterocycles. The second-order valence-corrected chi connectivity index (χ2v) is 4.73. The zero-order chi connectivity index (χ0) is 18.4. The van der Waals surface area contributed by atoms with Crippen LogP contribution in [-0.4, -0.2) is 36.2 Å². The minimum absolute atomic E-state index is 0.445. The van der Waals surface area contributed by atoms with E-state index in [0.29, 0.717) is 19.4 Å². The van der Waals surface area contributed by atoms with Gasteiger partial charge in [-0.1, -0.05) is 24.8 Å². The Bertz CT molecular complexity index is 683. The number of hydrogen-bond acceptors (Lipinski definition) is 5. The van der Waals surface area contributed by atoms with Crippen LogP contribution >= 0.6 is 0 Å². The number of aliphatic imine (C=N–C) groups is 1. The zero-order valence-corrected chi connectivity index (χ0v) is 13.6. The van der Waals surface area contributed by atoms with Crippen molar-refractivity contribution in [3.05, 3.63) is 40.3 Å². The monoisotopic (exact) mass is 331 g/mol. The fourth-order valence-electron chi connectivity index (χ4n) is 1.77. The molecule has 0 fully saturated rings. The van der Waals surface area contributed by atoms with Gasteiger partial charge in [-0.3, -0.25) is 10.4 Å². The van der Waals surface area contributed by atoms with Crippen LogP contribution in [0.3, 0.4) is 0 Å².